The van der Waals surface area contributed by atoms with E-state index in [4.69, 9.17) is 0 Å². The first-order valence-corrected chi connectivity index (χ1v) is 6.21. The Bertz CT molecular complexity index is 403. The summed E-state index contributed by atoms with van der Waals surface area (Å²) in [5.74, 6) is 0. The summed E-state index contributed by atoms with van der Waals surface area (Å²) in [6.07, 6.45) is 2.25. The molecule has 0 nitrogen and oxygen atoms in total. The van der Waals surface area contributed by atoms with Crippen molar-refractivity contribution in [2.45, 2.75) is 12.8 Å². The zero-order valence-electron chi connectivity index (χ0n) is 8.49. The van der Waals surface area contributed by atoms with Crippen molar-refractivity contribution in [3.63, 3.8) is 0 Å². The molecule has 76 valence electrons. The largest absolute Gasteiger partial charge is 0.0622 e. The summed E-state index contributed by atoms with van der Waals surface area (Å²) >= 11 is 2.34. The summed E-state index contributed by atoms with van der Waals surface area (Å²) in [7, 11) is 0. The highest BCUT2D eigenvalue weighted by atomic mass is 127. The molecule has 0 radical (unpaired) electrons. The fraction of sp³-hybridized carbons (Fsp3) is 0.143. The Morgan fingerprint density at radius 1 is 0.667 bits per heavy atom. The molecule has 0 saturated carbocycles. The molecule has 0 aliphatic rings. The van der Waals surface area contributed by atoms with Gasteiger partial charge in [0.2, 0.25) is 0 Å². The third-order valence-corrected chi connectivity index (χ3v) is 3.18. The maximum absolute atomic E-state index is 2.34. The lowest BCUT2D eigenvalue weighted by Gasteiger charge is -2.02. The lowest BCUT2D eigenvalue weighted by atomic mass is 10.0. The van der Waals surface area contributed by atoms with Crippen molar-refractivity contribution in [1.29, 1.82) is 0 Å². The summed E-state index contributed by atoms with van der Waals surface area (Å²) in [5, 5.41) is 0. The van der Waals surface area contributed by atoms with E-state index in [9.17, 15) is 0 Å². The first-order chi connectivity index (χ1) is 7.34. The average molecular weight is 308 g/mol. The minimum absolute atomic E-state index is 1.13. The predicted molar refractivity (Wildman–Crippen MR) is 73.0 cm³/mol. The van der Waals surface area contributed by atoms with E-state index < -0.39 is 0 Å². The highest BCUT2D eigenvalue weighted by Gasteiger charge is 1.95. The molecule has 0 N–H and O–H groups in total. The average Bonchev–Trinajstić information content (AvgIpc) is 2.30. The number of hydrogen-bond acceptors (Lipinski definition) is 0. The van der Waals surface area contributed by atoms with Crippen molar-refractivity contribution in [1.82, 2.24) is 0 Å². The summed E-state index contributed by atoms with van der Waals surface area (Å²) in [4.78, 5) is 0. The standard InChI is InChI=1S/C14H13I/c15-14-10-8-13(9-11-14)7-6-12-4-2-1-3-5-12/h1-5,8-11H,6-7H2. The monoisotopic (exact) mass is 308 g/mol. The van der Waals surface area contributed by atoms with Gasteiger partial charge in [-0.15, -0.1) is 0 Å². The number of rotatable bonds is 3. The van der Waals surface area contributed by atoms with Gasteiger partial charge in [0.05, 0.1) is 0 Å². The summed E-state index contributed by atoms with van der Waals surface area (Å²) < 4.78 is 1.30. The Morgan fingerprint density at radius 2 is 1.20 bits per heavy atom. The molecule has 0 saturated heterocycles. The van der Waals surface area contributed by atoms with E-state index in [-0.39, 0.29) is 0 Å². The lowest BCUT2D eigenvalue weighted by Crippen LogP contribution is -1.90. The van der Waals surface area contributed by atoms with Gasteiger partial charge in [-0.3, -0.25) is 0 Å². The van der Waals surface area contributed by atoms with E-state index in [1.54, 1.807) is 0 Å². The van der Waals surface area contributed by atoms with Crippen molar-refractivity contribution >= 4 is 22.6 Å². The minimum Gasteiger partial charge on any atom is -0.0622 e. The summed E-state index contributed by atoms with van der Waals surface area (Å²) in [6.45, 7) is 0. The first-order valence-electron chi connectivity index (χ1n) is 5.13. The van der Waals surface area contributed by atoms with Gasteiger partial charge in [0, 0.05) is 3.57 Å². The second kappa shape index (κ2) is 5.31. The van der Waals surface area contributed by atoms with Gasteiger partial charge in [0.1, 0.15) is 0 Å². The highest BCUT2D eigenvalue weighted by molar-refractivity contribution is 14.1. The van der Waals surface area contributed by atoms with Crippen molar-refractivity contribution in [2.75, 3.05) is 0 Å². The highest BCUT2D eigenvalue weighted by Crippen LogP contribution is 2.10. The Balaban J connectivity index is 1.96. The molecule has 2 aromatic rings. The quantitative estimate of drug-likeness (QED) is 0.750. The van der Waals surface area contributed by atoms with Crippen molar-refractivity contribution in [3.05, 3.63) is 69.3 Å². The SMILES string of the molecule is Ic1ccc(CCc2ccccc2)cc1. The molecular weight excluding hydrogens is 295 g/mol. The third kappa shape index (κ3) is 3.34. The van der Waals surface area contributed by atoms with Crippen LogP contribution in [0.1, 0.15) is 11.1 Å². The molecule has 0 amide bonds. The van der Waals surface area contributed by atoms with Gasteiger partial charge in [-0.25, -0.2) is 0 Å². The second-order valence-corrected chi connectivity index (χ2v) is 4.86. The molecule has 2 rings (SSSR count). The Hall–Kier alpha value is -0.830. The third-order valence-electron chi connectivity index (χ3n) is 2.46. The van der Waals surface area contributed by atoms with Gasteiger partial charge >= 0.3 is 0 Å². The zero-order valence-corrected chi connectivity index (χ0v) is 10.6. The van der Waals surface area contributed by atoms with Crippen molar-refractivity contribution in [2.24, 2.45) is 0 Å². The molecule has 1 heteroatoms. The molecule has 0 aliphatic carbocycles. The maximum atomic E-state index is 2.34. The van der Waals surface area contributed by atoms with Crippen LogP contribution >= 0.6 is 22.6 Å². The van der Waals surface area contributed by atoms with Crippen molar-refractivity contribution < 1.29 is 0 Å². The second-order valence-electron chi connectivity index (χ2n) is 3.61. The molecule has 0 spiro atoms. The van der Waals surface area contributed by atoms with Crippen molar-refractivity contribution in [3.8, 4) is 0 Å². The van der Waals surface area contributed by atoms with Crippen LogP contribution in [0.4, 0.5) is 0 Å². The first kappa shape index (κ1) is 10.7. The lowest BCUT2D eigenvalue weighted by molar-refractivity contribution is 0.960. The topological polar surface area (TPSA) is 0 Å². The van der Waals surface area contributed by atoms with Gasteiger partial charge in [-0.1, -0.05) is 42.5 Å². The van der Waals surface area contributed by atoms with Gasteiger partial charge in [-0.05, 0) is 58.7 Å². The van der Waals surface area contributed by atoms with E-state index in [1.807, 2.05) is 0 Å². The van der Waals surface area contributed by atoms with Crippen LogP contribution < -0.4 is 0 Å². The number of aryl methyl sites for hydroxylation is 2. The molecular formula is C14H13I. The summed E-state index contributed by atoms with van der Waals surface area (Å²) in [5.41, 5.74) is 2.83. The maximum Gasteiger partial charge on any atom is 0.0130 e. The Morgan fingerprint density at radius 3 is 1.80 bits per heavy atom. The van der Waals surface area contributed by atoms with Gasteiger partial charge < -0.3 is 0 Å². The van der Waals surface area contributed by atoms with Gasteiger partial charge in [0.15, 0.2) is 0 Å². The van der Waals surface area contributed by atoms with Crippen LogP contribution in [0, 0.1) is 3.57 Å². The number of benzene rings is 2. The van der Waals surface area contributed by atoms with Crippen LogP contribution in [0.25, 0.3) is 0 Å². The molecule has 0 fully saturated rings. The molecule has 2 aromatic carbocycles. The van der Waals surface area contributed by atoms with Crippen LogP contribution in [0.2, 0.25) is 0 Å². The minimum atomic E-state index is 1.13. The zero-order chi connectivity index (χ0) is 10.5. The van der Waals surface area contributed by atoms with Gasteiger partial charge in [-0.2, -0.15) is 0 Å². The van der Waals surface area contributed by atoms with Gasteiger partial charge in [0.25, 0.3) is 0 Å². The fourth-order valence-corrected chi connectivity index (χ4v) is 1.94. The van der Waals surface area contributed by atoms with Crippen LogP contribution in [-0.4, -0.2) is 0 Å². The molecule has 0 aliphatic heterocycles. The van der Waals surface area contributed by atoms with E-state index in [0.717, 1.165) is 12.8 Å². The molecule has 0 unspecified atom stereocenters. The Kier molecular flexibility index (Phi) is 3.78. The normalized spacial score (nSPS) is 10.2. The van der Waals surface area contributed by atoms with E-state index in [1.165, 1.54) is 14.7 Å². The molecule has 0 heterocycles. The van der Waals surface area contributed by atoms with Crippen LogP contribution in [0.15, 0.2) is 54.6 Å². The molecule has 0 aromatic heterocycles. The number of hydrogen-bond donors (Lipinski definition) is 0. The van der Waals surface area contributed by atoms with E-state index >= 15 is 0 Å². The van der Waals surface area contributed by atoms with Crippen LogP contribution in [0.5, 0.6) is 0 Å². The molecule has 0 bridgehead atoms. The molecule has 15 heavy (non-hydrogen) atoms. The summed E-state index contributed by atoms with van der Waals surface area (Å²) in [6, 6.07) is 19.4. The fourth-order valence-electron chi connectivity index (χ4n) is 1.58. The van der Waals surface area contributed by atoms with Crippen LogP contribution in [0.3, 0.4) is 0 Å². The number of halogens is 1. The van der Waals surface area contributed by atoms with Crippen LogP contribution in [-0.2, 0) is 12.8 Å². The molecule has 0 atom stereocenters. The predicted octanol–water partition coefficient (Wildman–Crippen LogP) is 4.08. The van der Waals surface area contributed by atoms with E-state index in [0.29, 0.717) is 0 Å². The van der Waals surface area contributed by atoms with E-state index in [2.05, 4.69) is 77.2 Å². The Labute approximate surface area is 104 Å². The smallest absolute Gasteiger partial charge is 0.0130 e.